The number of ether oxygens (including phenoxy) is 2. The van der Waals surface area contributed by atoms with Crippen molar-refractivity contribution >= 4 is 6.21 Å². The Morgan fingerprint density at radius 2 is 1.86 bits per heavy atom. The Balaban J connectivity index is 2.08. The lowest BCUT2D eigenvalue weighted by Gasteiger charge is -2.38. The molecule has 0 unspecified atom stereocenters. The number of hydrogen-bond acceptors (Lipinski definition) is 7. The number of methoxy groups -OCH3 is 1. The Morgan fingerprint density at radius 1 is 1.19 bits per heavy atom. The number of aliphatic hydroxyl groups is 4. The van der Waals surface area contributed by atoms with Crippen LogP contribution < -0.4 is 4.74 Å². The first-order chi connectivity index (χ1) is 10.1. The quantitative estimate of drug-likeness (QED) is 0.526. The monoisotopic (exact) mass is 297 g/mol. The molecule has 4 N–H and O–H groups in total. The summed E-state index contributed by atoms with van der Waals surface area (Å²) in [6.07, 6.45) is -3.58. The fourth-order valence-electron chi connectivity index (χ4n) is 2.11. The van der Waals surface area contributed by atoms with Gasteiger partial charge in [-0.15, -0.1) is 0 Å². The van der Waals surface area contributed by atoms with E-state index in [1.807, 2.05) is 0 Å². The maximum absolute atomic E-state index is 9.93. The predicted molar refractivity (Wildman–Crippen MR) is 74.4 cm³/mol. The molecule has 1 saturated heterocycles. The van der Waals surface area contributed by atoms with E-state index in [2.05, 4.69) is 4.99 Å². The Kier molecular flexibility index (Phi) is 5.27. The molecule has 21 heavy (non-hydrogen) atoms. The van der Waals surface area contributed by atoms with Crippen LogP contribution in [0.2, 0.25) is 0 Å². The van der Waals surface area contributed by atoms with E-state index in [0.29, 0.717) is 5.75 Å². The van der Waals surface area contributed by atoms with Gasteiger partial charge in [-0.2, -0.15) is 0 Å². The second-order valence-electron chi connectivity index (χ2n) is 4.77. The average molecular weight is 297 g/mol. The van der Waals surface area contributed by atoms with Gasteiger partial charge in [-0.05, 0) is 29.8 Å². The zero-order chi connectivity index (χ0) is 15.4. The Hall–Kier alpha value is -1.51. The molecule has 1 fully saturated rings. The first kappa shape index (κ1) is 15.9. The van der Waals surface area contributed by atoms with E-state index in [1.54, 1.807) is 31.4 Å². The third-order valence-corrected chi connectivity index (χ3v) is 3.38. The maximum atomic E-state index is 9.93. The zero-order valence-electron chi connectivity index (χ0n) is 11.5. The summed E-state index contributed by atoms with van der Waals surface area (Å²) in [7, 11) is 1.56. The van der Waals surface area contributed by atoms with Crippen molar-refractivity contribution in [1.29, 1.82) is 0 Å². The summed E-state index contributed by atoms with van der Waals surface area (Å²) in [6, 6.07) is 6.00. The van der Waals surface area contributed by atoms with E-state index in [4.69, 9.17) is 14.6 Å². The lowest BCUT2D eigenvalue weighted by atomic mass is 9.97. The van der Waals surface area contributed by atoms with Crippen LogP contribution in [0.4, 0.5) is 0 Å². The maximum Gasteiger partial charge on any atom is 0.180 e. The van der Waals surface area contributed by atoms with E-state index in [0.717, 1.165) is 5.56 Å². The largest absolute Gasteiger partial charge is 0.497 e. The number of rotatable bonds is 4. The molecule has 0 bridgehead atoms. The molecule has 1 heterocycles. The molecule has 7 nitrogen and oxygen atoms in total. The summed E-state index contributed by atoms with van der Waals surface area (Å²) < 4.78 is 10.1. The first-order valence-corrected chi connectivity index (χ1v) is 6.54. The number of nitrogens with zero attached hydrogens (tertiary/aromatic N) is 1. The first-order valence-electron chi connectivity index (χ1n) is 6.54. The number of aliphatic hydroxyl groups excluding tert-OH is 4. The third-order valence-electron chi connectivity index (χ3n) is 3.38. The van der Waals surface area contributed by atoms with Crippen molar-refractivity contribution in [3.8, 4) is 5.75 Å². The lowest BCUT2D eigenvalue weighted by molar-refractivity contribution is -0.248. The SMILES string of the molecule is COc1ccc(C=N[C@@H]2[C@H](O)[C@H](O)[C@@H](CO)O[C@@H]2O)cc1. The van der Waals surface area contributed by atoms with Gasteiger partial charge in [-0.1, -0.05) is 0 Å². The molecule has 5 atom stereocenters. The van der Waals surface area contributed by atoms with Gasteiger partial charge in [0, 0.05) is 6.21 Å². The minimum Gasteiger partial charge on any atom is -0.497 e. The van der Waals surface area contributed by atoms with E-state index in [-0.39, 0.29) is 0 Å². The molecular formula is C14H19NO6. The highest BCUT2D eigenvalue weighted by molar-refractivity contribution is 5.79. The minimum absolute atomic E-state index is 0.496. The Morgan fingerprint density at radius 3 is 2.43 bits per heavy atom. The summed E-state index contributed by atoms with van der Waals surface area (Å²) >= 11 is 0. The summed E-state index contributed by atoms with van der Waals surface area (Å²) in [5.74, 6) is 0.703. The van der Waals surface area contributed by atoms with Gasteiger partial charge in [0.1, 0.15) is 30.1 Å². The summed E-state index contributed by atoms with van der Waals surface area (Å²) in [5.41, 5.74) is 0.744. The number of aliphatic imine (C=N–C) groups is 1. The van der Waals surface area contributed by atoms with E-state index < -0.39 is 37.3 Å². The van der Waals surface area contributed by atoms with Crippen LogP contribution in [0.3, 0.4) is 0 Å². The molecule has 1 aliphatic heterocycles. The predicted octanol–water partition coefficient (Wildman–Crippen LogP) is -1.09. The van der Waals surface area contributed by atoms with Gasteiger partial charge in [0.05, 0.1) is 13.7 Å². The molecule has 7 heteroatoms. The molecule has 1 aliphatic rings. The Labute approximate surface area is 122 Å². The van der Waals surface area contributed by atoms with Crippen molar-refractivity contribution in [3.63, 3.8) is 0 Å². The summed E-state index contributed by atoms with van der Waals surface area (Å²) in [6.45, 7) is -0.496. The summed E-state index contributed by atoms with van der Waals surface area (Å²) in [5, 5.41) is 38.5. The van der Waals surface area contributed by atoms with Gasteiger partial charge in [0.2, 0.25) is 0 Å². The minimum atomic E-state index is -1.39. The molecule has 0 spiro atoms. The highest BCUT2D eigenvalue weighted by atomic mass is 16.6. The molecule has 0 aliphatic carbocycles. The van der Waals surface area contributed by atoms with Crippen LogP contribution in [0.1, 0.15) is 5.56 Å². The second kappa shape index (κ2) is 6.97. The van der Waals surface area contributed by atoms with Gasteiger partial charge in [0.15, 0.2) is 6.29 Å². The molecule has 0 amide bonds. The number of hydrogen-bond donors (Lipinski definition) is 4. The fourth-order valence-corrected chi connectivity index (χ4v) is 2.11. The van der Waals surface area contributed by atoms with Gasteiger partial charge >= 0.3 is 0 Å². The third kappa shape index (κ3) is 3.58. The number of benzene rings is 1. The highest BCUT2D eigenvalue weighted by Crippen LogP contribution is 2.22. The molecule has 0 saturated carbocycles. The molecule has 1 aromatic carbocycles. The van der Waals surface area contributed by atoms with Crippen molar-refractivity contribution in [2.45, 2.75) is 30.6 Å². The van der Waals surface area contributed by atoms with Gasteiger partial charge in [-0.25, -0.2) is 0 Å². The molecule has 0 radical (unpaired) electrons. The van der Waals surface area contributed by atoms with E-state index in [9.17, 15) is 15.3 Å². The van der Waals surface area contributed by atoms with Crippen molar-refractivity contribution in [2.75, 3.05) is 13.7 Å². The van der Waals surface area contributed by atoms with Crippen LogP contribution in [-0.4, -0.2) is 71.0 Å². The fraction of sp³-hybridized carbons (Fsp3) is 0.500. The standard InChI is InChI=1S/C14H19NO6/c1-20-9-4-2-8(3-5-9)6-15-11-13(18)12(17)10(7-16)21-14(11)19/h2-6,10-14,16-19H,7H2,1H3/t10-,11-,12-,13+,14+/m1/s1. The second-order valence-corrected chi connectivity index (χ2v) is 4.77. The van der Waals surface area contributed by atoms with Crippen molar-refractivity contribution in [1.82, 2.24) is 0 Å². The topological polar surface area (TPSA) is 112 Å². The van der Waals surface area contributed by atoms with Crippen LogP contribution in [0, 0.1) is 0 Å². The molecule has 1 aromatic rings. The zero-order valence-corrected chi connectivity index (χ0v) is 11.5. The normalized spacial score (nSPS) is 33.3. The van der Waals surface area contributed by atoms with Crippen molar-refractivity contribution in [2.24, 2.45) is 4.99 Å². The van der Waals surface area contributed by atoms with Crippen molar-refractivity contribution < 1.29 is 29.9 Å². The average Bonchev–Trinajstić information content (AvgIpc) is 2.51. The van der Waals surface area contributed by atoms with E-state index >= 15 is 0 Å². The highest BCUT2D eigenvalue weighted by Gasteiger charge is 2.43. The van der Waals surface area contributed by atoms with Crippen LogP contribution in [0.5, 0.6) is 5.75 Å². The van der Waals surface area contributed by atoms with Gasteiger partial charge in [-0.3, -0.25) is 4.99 Å². The van der Waals surface area contributed by atoms with Crippen LogP contribution >= 0.6 is 0 Å². The van der Waals surface area contributed by atoms with Crippen LogP contribution in [-0.2, 0) is 4.74 Å². The lowest BCUT2D eigenvalue weighted by Crippen LogP contribution is -2.57. The van der Waals surface area contributed by atoms with E-state index in [1.165, 1.54) is 6.21 Å². The van der Waals surface area contributed by atoms with Crippen molar-refractivity contribution in [3.05, 3.63) is 29.8 Å². The molecule has 116 valence electrons. The molecule has 2 rings (SSSR count). The summed E-state index contributed by atoms with van der Waals surface area (Å²) in [4.78, 5) is 4.06. The molecule has 0 aromatic heterocycles. The van der Waals surface area contributed by atoms with Gasteiger partial charge < -0.3 is 29.9 Å². The smallest absolute Gasteiger partial charge is 0.180 e. The Bertz CT molecular complexity index is 477. The van der Waals surface area contributed by atoms with Gasteiger partial charge in [0.25, 0.3) is 0 Å². The van der Waals surface area contributed by atoms with Crippen LogP contribution in [0.15, 0.2) is 29.3 Å². The van der Waals surface area contributed by atoms with Crippen LogP contribution in [0.25, 0.3) is 0 Å². The molecular weight excluding hydrogens is 278 g/mol.